The number of hydrogen-bond donors (Lipinski definition) is 2. The van der Waals surface area contributed by atoms with Crippen LogP contribution in [0.25, 0.3) is 0 Å². The zero-order valence-corrected chi connectivity index (χ0v) is 13.4. The second kappa shape index (κ2) is 8.85. The highest BCUT2D eigenvalue weighted by Gasteiger charge is 2.23. The smallest absolute Gasteiger partial charge is 0.224 e. The van der Waals surface area contributed by atoms with Gasteiger partial charge in [0.2, 0.25) is 5.91 Å². The van der Waals surface area contributed by atoms with Crippen LogP contribution in [0, 0.1) is 11.3 Å². The molecule has 0 spiro atoms. The zero-order valence-electron chi connectivity index (χ0n) is 13.4. The molecule has 1 heterocycles. The summed E-state index contributed by atoms with van der Waals surface area (Å²) in [6.45, 7) is 8.40. The van der Waals surface area contributed by atoms with E-state index >= 15 is 0 Å². The quantitative estimate of drug-likeness (QED) is 0.686. The Morgan fingerprint density at radius 2 is 2.24 bits per heavy atom. The van der Waals surface area contributed by atoms with Crippen molar-refractivity contribution in [3.8, 4) is 0 Å². The third-order valence-electron chi connectivity index (χ3n) is 3.10. The molecule has 21 heavy (non-hydrogen) atoms. The van der Waals surface area contributed by atoms with Gasteiger partial charge < -0.3 is 20.2 Å². The number of furan rings is 1. The maximum absolute atomic E-state index is 12.0. The lowest BCUT2D eigenvalue weighted by Crippen LogP contribution is -2.37. The number of carbonyl (C=O) groups excluding carboxylic acids is 1. The van der Waals surface area contributed by atoms with E-state index in [1.165, 1.54) is 0 Å². The van der Waals surface area contributed by atoms with Crippen molar-refractivity contribution in [2.75, 3.05) is 19.7 Å². The number of carbonyl (C=O) groups is 1. The van der Waals surface area contributed by atoms with E-state index in [0.717, 1.165) is 18.6 Å². The molecule has 0 aromatic carbocycles. The summed E-state index contributed by atoms with van der Waals surface area (Å²) in [6.07, 6.45) is 3.20. The molecule has 0 aliphatic heterocycles. The second-order valence-corrected chi connectivity index (χ2v) is 6.47. The van der Waals surface area contributed by atoms with Crippen LogP contribution in [0.3, 0.4) is 0 Å². The summed E-state index contributed by atoms with van der Waals surface area (Å²) in [4.78, 5) is 12.0. The van der Waals surface area contributed by atoms with Crippen LogP contribution in [0.15, 0.2) is 22.8 Å². The number of nitrogens with one attached hydrogen (secondary N) is 1. The number of ether oxygens (including phenoxy) is 1. The molecule has 0 aliphatic rings. The van der Waals surface area contributed by atoms with E-state index in [2.05, 4.69) is 26.1 Å². The lowest BCUT2D eigenvalue weighted by atomic mass is 9.84. The Balaban J connectivity index is 2.11. The monoisotopic (exact) mass is 296 g/mol. The van der Waals surface area contributed by atoms with Crippen LogP contribution in [-0.2, 0) is 16.1 Å². The molecule has 1 aromatic rings. The maximum Gasteiger partial charge on any atom is 0.224 e. The fraction of sp³-hybridized carbons (Fsp3) is 0.688. The lowest BCUT2D eigenvalue weighted by Gasteiger charge is -2.24. The third kappa shape index (κ3) is 7.87. The summed E-state index contributed by atoms with van der Waals surface area (Å²) < 4.78 is 10.6. The Morgan fingerprint density at radius 3 is 2.81 bits per heavy atom. The molecule has 1 aromatic heterocycles. The van der Waals surface area contributed by atoms with Gasteiger partial charge in [0.25, 0.3) is 0 Å². The highest BCUT2D eigenvalue weighted by Crippen LogP contribution is 2.23. The van der Waals surface area contributed by atoms with Gasteiger partial charge in [0.1, 0.15) is 12.4 Å². The van der Waals surface area contributed by atoms with Crippen molar-refractivity contribution in [3.63, 3.8) is 0 Å². The van der Waals surface area contributed by atoms with Gasteiger partial charge >= 0.3 is 0 Å². The summed E-state index contributed by atoms with van der Waals surface area (Å²) in [6, 6.07) is 3.71. The Hall–Kier alpha value is -1.33. The van der Waals surface area contributed by atoms with Crippen molar-refractivity contribution in [1.82, 2.24) is 5.32 Å². The summed E-state index contributed by atoms with van der Waals surface area (Å²) in [5, 5.41) is 2.93. The van der Waals surface area contributed by atoms with Crippen LogP contribution in [0.2, 0.25) is 0 Å². The molecule has 1 amide bonds. The fourth-order valence-corrected chi connectivity index (χ4v) is 2.12. The molecule has 0 saturated heterocycles. The maximum atomic E-state index is 12.0. The molecule has 120 valence electrons. The van der Waals surface area contributed by atoms with Crippen LogP contribution in [-0.4, -0.2) is 25.6 Å². The molecule has 0 bridgehead atoms. The Bertz CT molecular complexity index is 396. The molecular weight excluding hydrogens is 268 g/mol. The topological polar surface area (TPSA) is 77.5 Å². The molecule has 0 radical (unpaired) electrons. The van der Waals surface area contributed by atoms with Crippen LogP contribution >= 0.6 is 0 Å². The fourth-order valence-electron chi connectivity index (χ4n) is 2.12. The Morgan fingerprint density at radius 1 is 1.48 bits per heavy atom. The van der Waals surface area contributed by atoms with Crippen LogP contribution in [0.1, 0.15) is 39.4 Å². The largest absolute Gasteiger partial charge is 0.467 e. The average Bonchev–Trinajstić information content (AvgIpc) is 2.91. The van der Waals surface area contributed by atoms with E-state index in [9.17, 15) is 4.79 Å². The van der Waals surface area contributed by atoms with E-state index in [-0.39, 0.29) is 17.2 Å². The highest BCUT2D eigenvalue weighted by atomic mass is 16.5. The molecule has 0 saturated carbocycles. The van der Waals surface area contributed by atoms with Gasteiger partial charge in [0.15, 0.2) is 0 Å². The van der Waals surface area contributed by atoms with E-state index < -0.39 is 0 Å². The first-order valence-corrected chi connectivity index (χ1v) is 7.50. The minimum absolute atomic E-state index is 0.0402. The number of hydrogen-bond acceptors (Lipinski definition) is 4. The SMILES string of the molecule is CC(C)(C)CC(CN)C(=O)NCCCOCc1ccco1. The number of amides is 1. The molecule has 3 N–H and O–H groups in total. The lowest BCUT2D eigenvalue weighted by molar-refractivity contribution is -0.125. The van der Waals surface area contributed by atoms with E-state index in [0.29, 0.717) is 26.3 Å². The Kier molecular flexibility index (Phi) is 7.47. The summed E-state index contributed by atoms with van der Waals surface area (Å²) in [5.74, 6) is 0.736. The second-order valence-electron chi connectivity index (χ2n) is 6.47. The summed E-state index contributed by atoms with van der Waals surface area (Å²) in [7, 11) is 0. The van der Waals surface area contributed by atoms with Crippen molar-refractivity contribution >= 4 is 5.91 Å². The minimum atomic E-state index is -0.117. The highest BCUT2D eigenvalue weighted by molar-refractivity contribution is 5.78. The van der Waals surface area contributed by atoms with Crippen molar-refractivity contribution in [2.45, 2.75) is 40.2 Å². The molecule has 0 fully saturated rings. The number of rotatable bonds is 9. The van der Waals surface area contributed by atoms with Crippen molar-refractivity contribution in [3.05, 3.63) is 24.2 Å². The van der Waals surface area contributed by atoms with Gasteiger partial charge in [-0.1, -0.05) is 20.8 Å². The van der Waals surface area contributed by atoms with Crippen LogP contribution in [0.4, 0.5) is 0 Å². The van der Waals surface area contributed by atoms with E-state index in [4.69, 9.17) is 14.9 Å². The summed E-state index contributed by atoms with van der Waals surface area (Å²) in [5.41, 5.74) is 5.80. The molecule has 1 rings (SSSR count). The first-order valence-electron chi connectivity index (χ1n) is 7.50. The van der Waals surface area contributed by atoms with Gasteiger partial charge in [-0.2, -0.15) is 0 Å². The van der Waals surface area contributed by atoms with Crippen LogP contribution in [0.5, 0.6) is 0 Å². The first kappa shape index (κ1) is 17.7. The molecular formula is C16H28N2O3. The van der Waals surface area contributed by atoms with Gasteiger partial charge in [-0.05, 0) is 30.4 Å². The van der Waals surface area contributed by atoms with Gasteiger partial charge in [0, 0.05) is 19.7 Å². The standard InChI is InChI=1S/C16H28N2O3/c1-16(2,3)10-13(11-17)15(19)18-7-5-8-20-12-14-6-4-9-21-14/h4,6,9,13H,5,7-8,10-12,17H2,1-3H3,(H,18,19). The molecule has 5 nitrogen and oxygen atoms in total. The van der Waals surface area contributed by atoms with Crippen molar-refractivity contribution < 1.29 is 13.9 Å². The normalized spacial score (nSPS) is 13.1. The predicted octanol–water partition coefficient (Wildman–Crippen LogP) is 2.31. The third-order valence-corrected chi connectivity index (χ3v) is 3.10. The Labute approximate surface area is 127 Å². The molecule has 1 unspecified atom stereocenters. The van der Waals surface area contributed by atoms with E-state index in [1.54, 1.807) is 6.26 Å². The van der Waals surface area contributed by atoms with Gasteiger partial charge in [-0.3, -0.25) is 4.79 Å². The number of nitrogens with two attached hydrogens (primary N) is 1. The summed E-state index contributed by atoms with van der Waals surface area (Å²) >= 11 is 0. The van der Waals surface area contributed by atoms with Crippen molar-refractivity contribution in [1.29, 1.82) is 0 Å². The molecule has 5 heteroatoms. The van der Waals surface area contributed by atoms with Crippen LogP contribution < -0.4 is 11.1 Å². The van der Waals surface area contributed by atoms with E-state index in [1.807, 2.05) is 12.1 Å². The molecule has 0 aliphatic carbocycles. The van der Waals surface area contributed by atoms with Gasteiger partial charge in [-0.15, -0.1) is 0 Å². The van der Waals surface area contributed by atoms with Gasteiger partial charge in [-0.25, -0.2) is 0 Å². The molecule has 1 atom stereocenters. The minimum Gasteiger partial charge on any atom is -0.467 e. The van der Waals surface area contributed by atoms with Crippen molar-refractivity contribution in [2.24, 2.45) is 17.1 Å². The zero-order chi connectivity index (χ0) is 15.7. The average molecular weight is 296 g/mol. The van der Waals surface area contributed by atoms with Gasteiger partial charge in [0.05, 0.1) is 12.2 Å². The first-order chi connectivity index (χ1) is 9.92. The predicted molar refractivity (Wildman–Crippen MR) is 82.6 cm³/mol.